The fourth-order valence-corrected chi connectivity index (χ4v) is 3.25. The van der Waals surface area contributed by atoms with Crippen molar-refractivity contribution in [1.29, 1.82) is 0 Å². The quantitative estimate of drug-likeness (QED) is 0.707. The van der Waals surface area contributed by atoms with Crippen molar-refractivity contribution < 1.29 is 14.7 Å². The Morgan fingerprint density at radius 1 is 1.35 bits per heavy atom. The van der Waals surface area contributed by atoms with Gasteiger partial charge in [0.15, 0.2) is 0 Å². The van der Waals surface area contributed by atoms with E-state index in [0.29, 0.717) is 18.1 Å². The molecule has 5 nitrogen and oxygen atoms in total. The van der Waals surface area contributed by atoms with Crippen LogP contribution in [-0.2, 0) is 4.79 Å². The van der Waals surface area contributed by atoms with E-state index in [4.69, 9.17) is 5.11 Å². The molecule has 0 heterocycles. The number of rotatable bonds is 4. The molecule has 0 aliphatic heterocycles. The molecule has 0 bridgehead atoms. The first-order valence-corrected chi connectivity index (χ1v) is 7.21. The zero-order valence-corrected chi connectivity index (χ0v) is 10.7. The van der Waals surface area contributed by atoms with Gasteiger partial charge in [0.25, 0.3) is 0 Å². The van der Waals surface area contributed by atoms with Crippen LogP contribution in [0.1, 0.15) is 32.1 Å². The van der Waals surface area contributed by atoms with Gasteiger partial charge in [0.2, 0.25) is 0 Å². The second kappa shape index (κ2) is 4.76. The molecule has 2 atom stereocenters. The Morgan fingerprint density at radius 3 is 2.59 bits per heavy atom. The lowest BCUT2D eigenvalue weighted by molar-refractivity contribution is -0.140. The van der Waals surface area contributed by atoms with Crippen LogP contribution in [0.15, 0.2) is 0 Å². The number of hydrogen-bond acceptors (Lipinski definition) is 3. The maximum Gasteiger partial charge on any atom is 0.329 e. The minimum atomic E-state index is -0.989. The standard InChI is InChI=1S/C11H18N2O3S/c1-17-8-4-2-3-7(8)12-10(16)13-11(5-6-11)9(14)15/h7-8H,2-6H2,1H3,(H,14,15)(H2,12,13,16). The highest BCUT2D eigenvalue weighted by molar-refractivity contribution is 7.99. The lowest BCUT2D eigenvalue weighted by Crippen LogP contribution is -2.51. The van der Waals surface area contributed by atoms with Crippen molar-refractivity contribution in [3.05, 3.63) is 0 Å². The van der Waals surface area contributed by atoms with Crippen LogP contribution in [-0.4, -0.2) is 40.2 Å². The molecule has 0 aromatic carbocycles. The van der Waals surface area contributed by atoms with E-state index in [2.05, 4.69) is 10.6 Å². The van der Waals surface area contributed by atoms with Crippen molar-refractivity contribution in [2.75, 3.05) is 6.26 Å². The number of nitrogens with one attached hydrogen (secondary N) is 2. The summed E-state index contributed by atoms with van der Waals surface area (Å²) >= 11 is 1.76. The fraction of sp³-hybridized carbons (Fsp3) is 0.818. The van der Waals surface area contributed by atoms with Gasteiger partial charge in [-0.15, -0.1) is 0 Å². The van der Waals surface area contributed by atoms with Crippen molar-refractivity contribution in [2.45, 2.75) is 48.9 Å². The molecule has 2 aliphatic rings. The van der Waals surface area contributed by atoms with Crippen molar-refractivity contribution in [2.24, 2.45) is 0 Å². The van der Waals surface area contributed by atoms with Gasteiger partial charge in [0, 0.05) is 11.3 Å². The van der Waals surface area contributed by atoms with E-state index < -0.39 is 11.5 Å². The molecule has 0 spiro atoms. The van der Waals surface area contributed by atoms with E-state index >= 15 is 0 Å². The Labute approximate surface area is 105 Å². The van der Waals surface area contributed by atoms with E-state index in [1.807, 2.05) is 6.26 Å². The van der Waals surface area contributed by atoms with Gasteiger partial charge in [0.1, 0.15) is 5.54 Å². The average Bonchev–Trinajstić information content (AvgIpc) is 2.91. The second-order valence-electron chi connectivity index (χ2n) is 4.80. The summed E-state index contributed by atoms with van der Waals surface area (Å²) in [6.45, 7) is 0. The van der Waals surface area contributed by atoms with Crippen molar-refractivity contribution >= 4 is 23.8 Å². The molecular weight excluding hydrogens is 240 g/mol. The highest BCUT2D eigenvalue weighted by Gasteiger charge is 2.51. The maximum atomic E-state index is 11.7. The van der Waals surface area contributed by atoms with Gasteiger partial charge in [-0.25, -0.2) is 9.59 Å². The number of carbonyl (C=O) groups excluding carboxylic acids is 1. The molecule has 0 saturated heterocycles. The molecule has 2 saturated carbocycles. The molecule has 6 heteroatoms. The maximum absolute atomic E-state index is 11.7. The van der Waals surface area contributed by atoms with Gasteiger partial charge < -0.3 is 15.7 Å². The van der Waals surface area contributed by atoms with E-state index in [0.717, 1.165) is 19.3 Å². The smallest absolute Gasteiger partial charge is 0.329 e. The Bertz CT molecular complexity index is 331. The van der Waals surface area contributed by atoms with Crippen LogP contribution in [0.3, 0.4) is 0 Å². The Morgan fingerprint density at radius 2 is 2.06 bits per heavy atom. The topological polar surface area (TPSA) is 78.4 Å². The van der Waals surface area contributed by atoms with Crippen LogP contribution in [0.5, 0.6) is 0 Å². The van der Waals surface area contributed by atoms with Crippen molar-refractivity contribution in [3.63, 3.8) is 0 Å². The summed E-state index contributed by atoms with van der Waals surface area (Å²) in [5.41, 5.74) is -0.989. The first-order valence-electron chi connectivity index (χ1n) is 5.92. The first kappa shape index (κ1) is 12.5. The third-order valence-corrected chi connectivity index (χ3v) is 4.75. The van der Waals surface area contributed by atoms with Crippen molar-refractivity contribution in [3.8, 4) is 0 Å². The molecule has 2 amide bonds. The Kier molecular flexibility index (Phi) is 3.51. The molecular formula is C11H18N2O3S. The molecule has 17 heavy (non-hydrogen) atoms. The number of carboxylic acids is 1. The normalized spacial score (nSPS) is 29.7. The van der Waals surface area contributed by atoms with Gasteiger partial charge in [-0.3, -0.25) is 0 Å². The lowest BCUT2D eigenvalue weighted by atomic mass is 10.2. The summed E-state index contributed by atoms with van der Waals surface area (Å²) in [5, 5.41) is 14.9. The summed E-state index contributed by atoms with van der Waals surface area (Å²) in [6, 6.07) is -0.162. The van der Waals surface area contributed by atoms with E-state index in [9.17, 15) is 9.59 Å². The zero-order chi connectivity index (χ0) is 12.5. The molecule has 96 valence electrons. The third kappa shape index (κ3) is 2.68. The average molecular weight is 258 g/mol. The highest BCUT2D eigenvalue weighted by atomic mass is 32.2. The minimum absolute atomic E-state index is 0.176. The van der Waals surface area contributed by atoms with Crippen LogP contribution in [0.2, 0.25) is 0 Å². The number of carbonyl (C=O) groups is 2. The van der Waals surface area contributed by atoms with Gasteiger partial charge in [-0.1, -0.05) is 6.42 Å². The molecule has 2 rings (SSSR count). The fourth-order valence-electron chi connectivity index (χ4n) is 2.31. The van der Waals surface area contributed by atoms with Gasteiger partial charge in [-0.2, -0.15) is 11.8 Å². The number of carboxylic acid groups (broad SMARTS) is 1. The van der Waals surface area contributed by atoms with Crippen LogP contribution < -0.4 is 10.6 Å². The summed E-state index contributed by atoms with van der Waals surface area (Å²) in [7, 11) is 0. The number of amides is 2. The molecule has 0 radical (unpaired) electrons. The van der Waals surface area contributed by atoms with Gasteiger partial charge in [-0.05, 0) is 31.9 Å². The summed E-state index contributed by atoms with van der Waals surface area (Å²) in [5.74, 6) is -0.930. The predicted octanol–water partition coefficient (Wildman–Crippen LogP) is 1.19. The second-order valence-corrected chi connectivity index (χ2v) is 5.87. The van der Waals surface area contributed by atoms with Gasteiger partial charge >= 0.3 is 12.0 Å². The molecule has 2 aliphatic carbocycles. The molecule has 3 N–H and O–H groups in total. The largest absolute Gasteiger partial charge is 0.480 e. The Hall–Kier alpha value is -0.910. The molecule has 2 unspecified atom stereocenters. The molecule has 0 aromatic heterocycles. The number of hydrogen-bond donors (Lipinski definition) is 3. The zero-order valence-electron chi connectivity index (χ0n) is 9.86. The summed E-state index contributed by atoms with van der Waals surface area (Å²) in [6.07, 6.45) is 6.34. The van der Waals surface area contributed by atoms with E-state index in [-0.39, 0.29) is 12.1 Å². The summed E-state index contributed by atoms with van der Waals surface area (Å²) in [4.78, 5) is 22.7. The van der Waals surface area contributed by atoms with Crippen molar-refractivity contribution in [1.82, 2.24) is 10.6 Å². The van der Waals surface area contributed by atoms with Crippen LogP contribution in [0.4, 0.5) is 4.79 Å². The number of aliphatic carboxylic acids is 1. The van der Waals surface area contributed by atoms with E-state index in [1.54, 1.807) is 11.8 Å². The first-order chi connectivity index (χ1) is 8.07. The highest BCUT2D eigenvalue weighted by Crippen LogP contribution is 2.35. The lowest BCUT2D eigenvalue weighted by Gasteiger charge is -2.21. The van der Waals surface area contributed by atoms with Gasteiger partial charge in [0.05, 0.1) is 0 Å². The number of thioether (sulfide) groups is 1. The number of urea groups is 1. The SMILES string of the molecule is CSC1CCCC1NC(=O)NC1(C(=O)O)CC1. The minimum Gasteiger partial charge on any atom is -0.480 e. The van der Waals surface area contributed by atoms with Crippen LogP contribution >= 0.6 is 11.8 Å². The van der Waals surface area contributed by atoms with Crippen LogP contribution in [0, 0.1) is 0 Å². The third-order valence-electron chi connectivity index (χ3n) is 3.58. The summed E-state index contributed by atoms with van der Waals surface area (Å²) < 4.78 is 0. The molecule has 0 aromatic rings. The Balaban J connectivity index is 1.83. The monoisotopic (exact) mass is 258 g/mol. The van der Waals surface area contributed by atoms with E-state index in [1.165, 1.54) is 0 Å². The van der Waals surface area contributed by atoms with Crippen LogP contribution in [0.25, 0.3) is 0 Å². The molecule has 2 fully saturated rings. The predicted molar refractivity (Wildman–Crippen MR) is 66.2 cm³/mol.